The molecule has 1 fully saturated rings. The zero-order valence-corrected chi connectivity index (χ0v) is 9.04. The summed E-state index contributed by atoms with van der Waals surface area (Å²) in [6.07, 6.45) is 2.41. The van der Waals surface area contributed by atoms with Gasteiger partial charge < -0.3 is 14.7 Å². The van der Waals surface area contributed by atoms with E-state index in [2.05, 4.69) is 0 Å². The summed E-state index contributed by atoms with van der Waals surface area (Å²) in [4.78, 5) is 12.4. The Bertz CT molecular complexity index is 194. The van der Waals surface area contributed by atoms with Gasteiger partial charge in [0, 0.05) is 19.7 Å². The van der Waals surface area contributed by atoms with Crippen molar-refractivity contribution in [1.29, 1.82) is 0 Å². The molecule has 1 heterocycles. The Balaban J connectivity index is 2.20. The molecule has 0 bridgehead atoms. The Kier molecular flexibility index (Phi) is 4.65. The van der Waals surface area contributed by atoms with Crippen molar-refractivity contribution < 1.29 is 14.6 Å². The van der Waals surface area contributed by atoms with Gasteiger partial charge in [-0.15, -0.1) is 11.6 Å². The maximum Gasteiger partial charge on any atom is 0.322 e. The van der Waals surface area contributed by atoms with Crippen molar-refractivity contribution >= 4 is 17.6 Å². The van der Waals surface area contributed by atoms with Crippen LogP contribution in [0.3, 0.4) is 0 Å². The van der Waals surface area contributed by atoms with Gasteiger partial charge in [-0.1, -0.05) is 0 Å². The fraction of sp³-hybridized carbons (Fsp3) is 0.889. The van der Waals surface area contributed by atoms with Gasteiger partial charge in [-0.25, -0.2) is 0 Å². The maximum atomic E-state index is 10.5. The van der Waals surface area contributed by atoms with E-state index in [4.69, 9.17) is 21.4 Å². The molecular weight excluding hydrogens is 206 g/mol. The van der Waals surface area contributed by atoms with Crippen molar-refractivity contribution in [2.45, 2.75) is 24.3 Å². The third-order valence-electron chi connectivity index (χ3n) is 2.28. The van der Waals surface area contributed by atoms with Gasteiger partial charge in [0.25, 0.3) is 0 Å². The van der Waals surface area contributed by atoms with Gasteiger partial charge in [0.15, 0.2) is 0 Å². The van der Waals surface area contributed by atoms with E-state index in [9.17, 15) is 4.79 Å². The standard InChI is InChI=1S/C9H16ClNO3/c1-11(6-8(10)9(12)13)5-7-3-2-4-14-7/h7-8H,2-6H2,1H3,(H,12,13). The molecule has 1 rings (SSSR count). The van der Waals surface area contributed by atoms with E-state index in [1.807, 2.05) is 11.9 Å². The van der Waals surface area contributed by atoms with E-state index < -0.39 is 11.3 Å². The van der Waals surface area contributed by atoms with Crippen molar-refractivity contribution in [3.8, 4) is 0 Å². The predicted molar refractivity (Wildman–Crippen MR) is 53.7 cm³/mol. The molecule has 14 heavy (non-hydrogen) atoms. The largest absolute Gasteiger partial charge is 0.480 e. The smallest absolute Gasteiger partial charge is 0.322 e. The van der Waals surface area contributed by atoms with Crippen LogP contribution in [0.5, 0.6) is 0 Å². The van der Waals surface area contributed by atoms with Crippen molar-refractivity contribution in [3.05, 3.63) is 0 Å². The second-order valence-electron chi connectivity index (χ2n) is 3.66. The predicted octanol–water partition coefficient (Wildman–Crippen LogP) is 0.789. The van der Waals surface area contributed by atoms with Crippen LogP contribution in [0.25, 0.3) is 0 Å². The van der Waals surface area contributed by atoms with Crippen LogP contribution in [-0.4, -0.2) is 54.2 Å². The van der Waals surface area contributed by atoms with Crippen molar-refractivity contribution in [2.75, 3.05) is 26.7 Å². The number of halogens is 1. The van der Waals surface area contributed by atoms with Crippen LogP contribution in [0, 0.1) is 0 Å². The van der Waals surface area contributed by atoms with Gasteiger partial charge in [-0.3, -0.25) is 4.79 Å². The van der Waals surface area contributed by atoms with Crippen LogP contribution in [0.15, 0.2) is 0 Å². The first-order valence-corrected chi connectivity index (χ1v) is 5.20. The molecule has 1 saturated heterocycles. The maximum absolute atomic E-state index is 10.5. The first-order chi connectivity index (χ1) is 6.59. The van der Waals surface area contributed by atoms with E-state index in [1.165, 1.54) is 0 Å². The number of carboxylic acids is 1. The molecule has 0 aliphatic carbocycles. The monoisotopic (exact) mass is 221 g/mol. The molecule has 4 nitrogen and oxygen atoms in total. The zero-order valence-electron chi connectivity index (χ0n) is 8.28. The molecule has 1 aliphatic heterocycles. The minimum Gasteiger partial charge on any atom is -0.480 e. The lowest BCUT2D eigenvalue weighted by molar-refractivity contribution is -0.137. The molecule has 0 saturated carbocycles. The fourth-order valence-electron chi connectivity index (χ4n) is 1.56. The van der Waals surface area contributed by atoms with Crippen molar-refractivity contribution in [2.24, 2.45) is 0 Å². The Labute approximate surface area is 88.8 Å². The van der Waals surface area contributed by atoms with Gasteiger partial charge in [0.2, 0.25) is 0 Å². The van der Waals surface area contributed by atoms with Crippen LogP contribution in [-0.2, 0) is 9.53 Å². The van der Waals surface area contributed by atoms with E-state index in [0.717, 1.165) is 26.0 Å². The van der Waals surface area contributed by atoms with Gasteiger partial charge in [0.05, 0.1) is 6.10 Å². The van der Waals surface area contributed by atoms with Crippen LogP contribution in [0.4, 0.5) is 0 Å². The summed E-state index contributed by atoms with van der Waals surface area (Å²) < 4.78 is 5.43. The lowest BCUT2D eigenvalue weighted by atomic mass is 10.2. The molecule has 5 heteroatoms. The second kappa shape index (κ2) is 5.53. The first kappa shape index (κ1) is 11.8. The molecule has 0 amide bonds. The van der Waals surface area contributed by atoms with E-state index in [-0.39, 0.29) is 6.10 Å². The summed E-state index contributed by atoms with van der Waals surface area (Å²) in [5, 5.41) is 7.77. The number of ether oxygens (including phenoxy) is 1. The molecular formula is C9H16ClNO3. The third kappa shape index (κ3) is 3.82. The van der Waals surface area contributed by atoms with Crippen LogP contribution < -0.4 is 0 Å². The van der Waals surface area contributed by atoms with Gasteiger partial charge in [0.1, 0.15) is 5.38 Å². The Morgan fingerprint density at radius 3 is 3.00 bits per heavy atom. The fourth-order valence-corrected chi connectivity index (χ4v) is 1.80. The van der Waals surface area contributed by atoms with Crippen LogP contribution in [0.2, 0.25) is 0 Å². The van der Waals surface area contributed by atoms with Crippen LogP contribution in [0.1, 0.15) is 12.8 Å². The third-order valence-corrected chi connectivity index (χ3v) is 2.60. The zero-order chi connectivity index (χ0) is 10.6. The Morgan fingerprint density at radius 2 is 2.50 bits per heavy atom. The number of carbonyl (C=O) groups is 1. The minimum absolute atomic E-state index is 0.248. The highest BCUT2D eigenvalue weighted by atomic mass is 35.5. The van der Waals surface area contributed by atoms with E-state index in [1.54, 1.807) is 0 Å². The van der Waals surface area contributed by atoms with Gasteiger partial charge in [-0.05, 0) is 19.9 Å². The summed E-state index contributed by atoms with van der Waals surface area (Å²) >= 11 is 5.61. The summed E-state index contributed by atoms with van der Waals surface area (Å²) in [7, 11) is 1.86. The van der Waals surface area contributed by atoms with E-state index in [0.29, 0.717) is 6.54 Å². The molecule has 0 aromatic heterocycles. The number of carboxylic acid groups (broad SMARTS) is 1. The lowest BCUT2D eigenvalue weighted by Gasteiger charge is -2.21. The number of aliphatic carboxylic acids is 1. The number of alkyl halides is 1. The highest BCUT2D eigenvalue weighted by Gasteiger charge is 2.21. The molecule has 1 aliphatic rings. The summed E-state index contributed by atoms with van der Waals surface area (Å²) in [6, 6.07) is 0. The number of hydrogen-bond acceptors (Lipinski definition) is 3. The van der Waals surface area contributed by atoms with Gasteiger partial charge >= 0.3 is 5.97 Å². The second-order valence-corrected chi connectivity index (χ2v) is 4.19. The minimum atomic E-state index is -0.967. The van der Waals surface area contributed by atoms with Crippen molar-refractivity contribution in [1.82, 2.24) is 4.90 Å². The Morgan fingerprint density at radius 1 is 1.79 bits per heavy atom. The number of nitrogens with zero attached hydrogens (tertiary/aromatic N) is 1. The quantitative estimate of drug-likeness (QED) is 0.698. The normalized spacial score (nSPS) is 24.1. The summed E-state index contributed by atoms with van der Waals surface area (Å²) in [5.74, 6) is -0.967. The Hall–Kier alpha value is -0.320. The van der Waals surface area contributed by atoms with Crippen LogP contribution >= 0.6 is 11.6 Å². The van der Waals surface area contributed by atoms with Gasteiger partial charge in [-0.2, -0.15) is 0 Å². The average Bonchev–Trinajstić information content (AvgIpc) is 2.56. The summed E-state index contributed by atoms with van der Waals surface area (Å²) in [6.45, 7) is 1.94. The number of hydrogen-bond donors (Lipinski definition) is 1. The number of rotatable bonds is 5. The molecule has 82 valence electrons. The lowest BCUT2D eigenvalue weighted by Crippen LogP contribution is -2.35. The SMILES string of the molecule is CN(CC1CCCO1)CC(Cl)C(=O)O. The molecule has 2 unspecified atom stereocenters. The molecule has 0 radical (unpaired) electrons. The average molecular weight is 222 g/mol. The molecule has 1 N–H and O–H groups in total. The van der Waals surface area contributed by atoms with Crippen molar-refractivity contribution in [3.63, 3.8) is 0 Å². The summed E-state index contributed by atoms with van der Waals surface area (Å²) in [5.41, 5.74) is 0. The van der Waals surface area contributed by atoms with E-state index >= 15 is 0 Å². The highest BCUT2D eigenvalue weighted by molar-refractivity contribution is 6.29. The molecule has 0 aromatic carbocycles. The molecule has 0 aromatic rings. The molecule has 0 spiro atoms. The molecule has 2 atom stereocenters. The highest BCUT2D eigenvalue weighted by Crippen LogP contribution is 2.13. The topological polar surface area (TPSA) is 49.8 Å². The first-order valence-electron chi connectivity index (χ1n) is 4.76. The number of likely N-dealkylation sites (N-methyl/N-ethyl adjacent to an activating group) is 1.